The average Bonchev–Trinajstić information content (AvgIpc) is 2.29. The first-order valence-electron chi connectivity index (χ1n) is 6.80. The van der Waals surface area contributed by atoms with E-state index in [0.29, 0.717) is 0 Å². The third-order valence-corrected chi connectivity index (χ3v) is 3.83. The fourth-order valence-electron chi connectivity index (χ4n) is 2.02. The maximum Gasteiger partial charge on any atom is 0.0433 e. The quantitative estimate of drug-likeness (QED) is 0.393. The normalized spacial score (nSPS) is 18.9. The van der Waals surface area contributed by atoms with Crippen molar-refractivity contribution < 1.29 is 5.11 Å². The van der Waals surface area contributed by atoms with Gasteiger partial charge in [0.1, 0.15) is 0 Å². The second kappa shape index (κ2) is 6.80. The van der Waals surface area contributed by atoms with Crippen LogP contribution in [0, 0.1) is 5.41 Å². The molecule has 1 aliphatic rings. The molecule has 17 heavy (non-hydrogen) atoms. The highest BCUT2D eigenvalue weighted by molar-refractivity contribution is 5.31. The fourth-order valence-corrected chi connectivity index (χ4v) is 2.02. The number of aliphatic hydroxyl groups is 1. The molecule has 1 fully saturated rings. The third-order valence-electron chi connectivity index (χ3n) is 3.83. The van der Waals surface area contributed by atoms with E-state index in [1.54, 1.807) is 5.57 Å². The Kier molecular flexibility index (Phi) is 5.70. The summed E-state index contributed by atoms with van der Waals surface area (Å²) in [5.74, 6) is 0. The summed E-state index contributed by atoms with van der Waals surface area (Å²) in [5.41, 5.74) is 2.91. The maximum atomic E-state index is 8.73. The van der Waals surface area contributed by atoms with E-state index in [0.717, 1.165) is 19.3 Å². The van der Waals surface area contributed by atoms with Gasteiger partial charge in [0.15, 0.2) is 0 Å². The highest BCUT2D eigenvalue weighted by Gasteiger charge is 2.23. The van der Waals surface area contributed by atoms with Gasteiger partial charge in [0.25, 0.3) is 0 Å². The van der Waals surface area contributed by atoms with Gasteiger partial charge in [-0.1, -0.05) is 44.2 Å². The molecule has 96 valence electrons. The summed E-state index contributed by atoms with van der Waals surface area (Å²) in [6.45, 7) is 8.98. The van der Waals surface area contributed by atoms with Crippen molar-refractivity contribution in [2.45, 2.75) is 52.4 Å². The second-order valence-electron chi connectivity index (χ2n) is 5.22. The highest BCUT2D eigenvalue weighted by Crippen LogP contribution is 2.38. The average molecular weight is 234 g/mol. The Hall–Kier alpha value is -0.820. The van der Waals surface area contributed by atoms with E-state index in [9.17, 15) is 0 Å². The van der Waals surface area contributed by atoms with Gasteiger partial charge in [-0.15, -0.1) is 0 Å². The standard InChI is InChI=1S/C16H26O/c1-4-16(3,13-15-10-8-11-15)14(2)9-6-5-7-12-17/h6,9,13,17H,2,4-5,7-8,10-12H2,1,3H3/b9-6-. The summed E-state index contributed by atoms with van der Waals surface area (Å²) in [4.78, 5) is 0. The van der Waals surface area contributed by atoms with Crippen molar-refractivity contribution in [3.63, 3.8) is 0 Å². The van der Waals surface area contributed by atoms with Crippen LogP contribution in [-0.4, -0.2) is 11.7 Å². The molecule has 1 unspecified atom stereocenters. The van der Waals surface area contributed by atoms with E-state index < -0.39 is 0 Å². The largest absolute Gasteiger partial charge is 0.396 e. The van der Waals surface area contributed by atoms with Crippen molar-refractivity contribution in [1.29, 1.82) is 0 Å². The molecular formula is C16H26O. The topological polar surface area (TPSA) is 20.2 Å². The van der Waals surface area contributed by atoms with Crippen LogP contribution in [-0.2, 0) is 0 Å². The SMILES string of the molecule is C=C(/C=C\CCCO)C(C)(C=C1CCC1)CC. The smallest absolute Gasteiger partial charge is 0.0433 e. The minimum absolute atomic E-state index is 0.117. The summed E-state index contributed by atoms with van der Waals surface area (Å²) < 4.78 is 0. The van der Waals surface area contributed by atoms with Crippen molar-refractivity contribution in [3.8, 4) is 0 Å². The van der Waals surface area contributed by atoms with Crippen LogP contribution < -0.4 is 0 Å². The molecule has 0 spiro atoms. The molecule has 0 aromatic heterocycles. The second-order valence-corrected chi connectivity index (χ2v) is 5.22. The van der Waals surface area contributed by atoms with E-state index in [2.05, 4.69) is 38.7 Å². The number of rotatable bonds is 7. The Morgan fingerprint density at radius 2 is 2.18 bits per heavy atom. The van der Waals surface area contributed by atoms with E-state index in [-0.39, 0.29) is 12.0 Å². The highest BCUT2D eigenvalue weighted by atomic mass is 16.2. The van der Waals surface area contributed by atoms with Crippen LogP contribution >= 0.6 is 0 Å². The predicted molar refractivity (Wildman–Crippen MR) is 74.9 cm³/mol. The van der Waals surface area contributed by atoms with Gasteiger partial charge in [0.05, 0.1) is 0 Å². The molecule has 0 aromatic rings. The Labute approximate surface area is 106 Å². The van der Waals surface area contributed by atoms with Crippen molar-refractivity contribution >= 4 is 0 Å². The van der Waals surface area contributed by atoms with Crippen molar-refractivity contribution in [2.24, 2.45) is 5.41 Å². The van der Waals surface area contributed by atoms with Crippen LogP contribution in [0.5, 0.6) is 0 Å². The molecule has 0 amide bonds. The number of allylic oxidation sites excluding steroid dienone is 5. The minimum atomic E-state index is 0.117. The molecule has 1 heteroatoms. The molecule has 0 aliphatic heterocycles. The molecule has 0 radical (unpaired) electrons. The lowest BCUT2D eigenvalue weighted by Gasteiger charge is -2.29. The van der Waals surface area contributed by atoms with E-state index in [1.165, 1.54) is 24.8 Å². The Balaban J connectivity index is 2.58. The van der Waals surface area contributed by atoms with Crippen LogP contribution in [0.2, 0.25) is 0 Å². The number of unbranched alkanes of at least 4 members (excludes halogenated alkanes) is 1. The summed E-state index contributed by atoms with van der Waals surface area (Å²) >= 11 is 0. The third kappa shape index (κ3) is 4.16. The van der Waals surface area contributed by atoms with Gasteiger partial charge in [-0.3, -0.25) is 0 Å². The molecule has 1 rings (SSSR count). The van der Waals surface area contributed by atoms with E-state index >= 15 is 0 Å². The van der Waals surface area contributed by atoms with Crippen LogP contribution in [0.4, 0.5) is 0 Å². The first kappa shape index (κ1) is 14.2. The van der Waals surface area contributed by atoms with Crippen molar-refractivity contribution in [1.82, 2.24) is 0 Å². The lowest BCUT2D eigenvalue weighted by molar-refractivity contribution is 0.289. The van der Waals surface area contributed by atoms with Crippen LogP contribution in [0.1, 0.15) is 52.4 Å². The van der Waals surface area contributed by atoms with Gasteiger partial charge in [-0.2, -0.15) is 0 Å². The van der Waals surface area contributed by atoms with Crippen LogP contribution in [0.15, 0.2) is 36.0 Å². The number of hydrogen-bond donors (Lipinski definition) is 1. The Bertz CT molecular complexity index is 305. The predicted octanol–water partition coefficient (Wildman–Crippen LogP) is 4.40. The van der Waals surface area contributed by atoms with Gasteiger partial charge >= 0.3 is 0 Å². The summed E-state index contributed by atoms with van der Waals surface area (Å²) in [6.07, 6.45) is 13.5. The summed E-state index contributed by atoms with van der Waals surface area (Å²) in [5, 5.41) is 8.73. The molecule has 0 saturated heterocycles. The molecule has 0 aromatic carbocycles. The summed E-state index contributed by atoms with van der Waals surface area (Å²) in [7, 11) is 0. The number of hydrogen-bond acceptors (Lipinski definition) is 1. The molecule has 0 heterocycles. The molecular weight excluding hydrogens is 208 g/mol. The van der Waals surface area contributed by atoms with Gasteiger partial charge in [0.2, 0.25) is 0 Å². The zero-order valence-electron chi connectivity index (χ0n) is 11.3. The molecule has 1 aliphatic carbocycles. The Morgan fingerprint density at radius 1 is 1.47 bits per heavy atom. The van der Waals surface area contributed by atoms with Gasteiger partial charge < -0.3 is 5.11 Å². The summed E-state index contributed by atoms with van der Waals surface area (Å²) in [6, 6.07) is 0. The van der Waals surface area contributed by atoms with E-state index in [4.69, 9.17) is 5.11 Å². The van der Waals surface area contributed by atoms with Crippen LogP contribution in [0.3, 0.4) is 0 Å². The lowest BCUT2D eigenvalue weighted by atomic mass is 9.75. The molecule has 1 saturated carbocycles. The fraction of sp³-hybridized carbons (Fsp3) is 0.625. The Morgan fingerprint density at radius 3 is 2.65 bits per heavy atom. The monoisotopic (exact) mass is 234 g/mol. The van der Waals surface area contributed by atoms with Crippen molar-refractivity contribution in [2.75, 3.05) is 6.61 Å². The van der Waals surface area contributed by atoms with Gasteiger partial charge in [-0.05, 0) is 44.1 Å². The molecule has 1 atom stereocenters. The maximum absolute atomic E-state index is 8.73. The zero-order chi connectivity index (χ0) is 12.7. The zero-order valence-corrected chi connectivity index (χ0v) is 11.3. The minimum Gasteiger partial charge on any atom is -0.396 e. The van der Waals surface area contributed by atoms with Crippen molar-refractivity contribution in [3.05, 3.63) is 36.0 Å². The van der Waals surface area contributed by atoms with Gasteiger partial charge in [-0.25, -0.2) is 0 Å². The molecule has 0 bridgehead atoms. The molecule has 1 nitrogen and oxygen atoms in total. The lowest BCUT2D eigenvalue weighted by Crippen LogP contribution is -2.16. The van der Waals surface area contributed by atoms with Gasteiger partial charge in [0, 0.05) is 12.0 Å². The number of aliphatic hydroxyl groups excluding tert-OH is 1. The first-order chi connectivity index (χ1) is 8.12. The van der Waals surface area contributed by atoms with Crippen LogP contribution in [0.25, 0.3) is 0 Å². The van der Waals surface area contributed by atoms with E-state index in [1.807, 2.05) is 0 Å². The first-order valence-corrected chi connectivity index (χ1v) is 6.80. The molecule has 1 N–H and O–H groups in total.